The maximum Gasteiger partial charge on any atom is 0.310 e. The fraction of sp³-hybridized carbons (Fsp3) is 0.267. The molecule has 0 radical (unpaired) electrons. The lowest BCUT2D eigenvalue weighted by atomic mass is 10.1. The second-order valence-electron chi connectivity index (χ2n) is 4.69. The Labute approximate surface area is 132 Å². The van der Waals surface area contributed by atoms with E-state index in [2.05, 4.69) is 10.3 Å². The van der Waals surface area contributed by atoms with Gasteiger partial charge in [0.05, 0.1) is 25.3 Å². The number of benzene rings is 1. The third-order valence-corrected chi connectivity index (χ3v) is 3.89. The summed E-state index contributed by atoms with van der Waals surface area (Å²) in [6.07, 6.45) is 0.104. The first-order valence-electron chi connectivity index (χ1n) is 6.69. The number of hydrogen-bond acceptors (Lipinski definition) is 6. The molecule has 7 heteroatoms. The number of hydrogen-bond donors (Lipinski definition) is 2. The van der Waals surface area contributed by atoms with E-state index in [0.29, 0.717) is 10.8 Å². The molecule has 2 aromatic rings. The van der Waals surface area contributed by atoms with Gasteiger partial charge in [-0.05, 0) is 6.92 Å². The van der Waals surface area contributed by atoms with E-state index in [4.69, 9.17) is 10.5 Å². The molecule has 0 saturated carbocycles. The van der Waals surface area contributed by atoms with Gasteiger partial charge in [0.15, 0.2) is 5.13 Å². The zero-order chi connectivity index (χ0) is 16.1. The van der Waals surface area contributed by atoms with Gasteiger partial charge in [-0.2, -0.15) is 0 Å². The quantitative estimate of drug-likeness (QED) is 0.820. The molecule has 0 spiro atoms. The van der Waals surface area contributed by atoms with Gasteiger partial charge >= 0.3 is 5.97 Å². The van der Waals surface area contributed by atoms with Crippen LogP contribution in [0.2, 0.25) is 0 Å². The van der Waals surface area contributed by atoms with E-state index in [0.717, 1.165) is 10.4 Å². The van der Waals surface area contributed by atoms with Gasteiger partial charge < -0.3 is 15.8 Å². The predicted molar refractivity (Wildman–Crippen MR) is 85.5 cm³/mol. The summed E-state index contributed by atoms with van der Waals surface area (Å²) in [5.74, 6) is -0.677. The first-order chi connectivity index (χ1) is 10.5. The number of thiazole rings is 1. The molecule has 0 saturated heterocycles. The van der Waals surface area contributed by atoms with E-state index in [1.54, 1.807) is 6.92 Å². The van der Waals surface area contributed by atoms with Crippen molar-refractivity contribution < 1.29 is 14.3 Å². The summed E-state index contributed by atoms with van der Waals surface area (Å²) in [5.41, 5.74) is 7.07. The molecular formula is C15H17N3O3S. The SMILES string of the molecule is COC(=O)Cc1sc(NC(=O)[C@H](C)N)nc1-c1ccccc1. The van der Waals surface area contributed by atoms with Crippen molar-refractivity contribution in [3.63, 3.8) is 0 Å². The van der Waals surface area contributed by atoms with Crippen LogP contribution in [0.25, 0.3) is 11.3 Å². The summed E-state index contributed by atoms with van der Waals surface area (Å²) in [6.45, 7) is 1.59. The highest BCUT2D eigenvalue weighted by Gasteiger charge is 2.18. The number of amides is 1. The summed E-state index contributed by atoms with van der Waals surface area (Å²) < 4.78 is 4.71. The molecule has 3 N–H and O–H groups in total. The van der Waals surface area contributed by atoms with Crippen LogP contribution in [0.5, 0.6) is 0 Å². The number of methoxy groups -OCH3 is 1. The molecule has 22 heavy (non-hydrogen) atoms. The first-order valence-corrected chi connectivity index (χ1v) is 7.51. The van der Waals surface area contributed by atoms with Crippen LogP contribution in [-0.4, -0.2) is 30.0 Å². The molecule has 0 aliphatic heterocycles. The maximum absolute atomic E-state index is 11.7. The van der Waals surface area contributed by atoms with Gasteiger partial charge in [0.25, 0.3) is 0 Å². The third-order valence-electron chi connectivity index (χ3n) is 2.92. The van der Waals surface area contributed by atoms with E-state index in [1.807, 2.05) is 30.3 Å². The summed E-state index contributed by atoms with van der Waals surface area (Å²) in [6, 6.07) is 8.83. The summed E-state index contributed by atoms with van der Waals surface area (Å²) in [5, 5.41) is 3.07. The van der Waals surface area contributed by atoms with E-state index in [1.165, 1.54) is 18.4 Å². The van der Waals surface area contributed by atoms with Gasteiger partial charge in [0.1, 0.15) is 0 Å². The Hall–Kier alpha value is -2.25. The van der Waals surface area contributed by atoms with Gasteiger partial charge in [-0.25, -0.2) is 4.98 Å². The highest BCUT2D eigenvalue weighted by atomic mass is 32.1. The summed E-state index contributed by atoms with van der Waals surface area (Å²) >= 11 is 1.24. The van der Waals surface area contributed by atoms with E-state index < -0.39 is 6.04 Å². The van der Waals surface area contributed by atoms with Crippen LogP contribution in [0.15, 0.2) is 30.3 Å². The molecule has 1 atom stereocenters. The van der Waals surface area contributed by atoms with Crippen LogP contribution >= 0.6 is 11.3 Å². The Morgan fingerprint density at radius 1 is 1.36 bits per heavy atom. The molecule has 0 bridgehead atoms. The number of carbonyl (C=O) groups excluding carboxylic acids is 2. The molecular weight excluding hydrogens is 302 g/mol. The van der Waals surface area contributed by atoms with E-state index in [-0.39, 0.29) is 18.3 Å². The molecule has 1 aromatic heterocycles. The summed E-state index contributed by atoms with van der Waals surface area (Å²) in [4.78, 5) is 28.4. The van der Waals surface area contributed by atoms with E-state index >= 15 is 0 Å². The van der Waals surface area contributed by atoms with Crippen LogP contribution in [-0.2, 0) is 20.7 Å². The fourth-order valence-electron chi connectivity index (χ4n) is 1.77. The number of nitrogens with one attached hydrogen (secondary N) is 1. The highest BCUT2D eigenvalue weighted by molar-refractivity contribution is 7.16. The molecule has 116 valence electrons. The van der Waals surface area contributed by atoms with Crippen molar-refractivity contribution in [1.82, 2.24) is 4.98 Å². The molecule has 6 nitrogen and oxygen atoms in total. The number of ether oxygens (including phenoxy) is 1. The van der Waals surface area contributed by atoms with Crippen LogP contribution in [0.4, 0.5) is 5.13 Å². The minimum absolute atomic E-state index is 0.104. The van der Waals surface area contributed by atoms with Crippen molar-refractivity contribution in [2.75, 3.05) is 12.4 Å². The van der Waals surface area contributed by atoms with Gasteiger partial charge in [-0.15, -0.1) is 11.3 Å². The summed E-state index contributed by atoms with van der Waals surface area (Å²) in [7, 11) is 1.34. The topological polar surface area (TPSA) is 94.3 Å². The number of carbonyl (C=O) groups is 2. The maximum atomic E-state index is 11.7. The Morgan fingerprint density at radius 2 is 2.05 bits per heavy atom. The number of nitrogens with two attached hydrogens (primary N) is 1. The normalized spacial score (nSPS) is 11.8. The minimum atomic E-state index is -0.631. The van der Waals surface area contributed by atoms with Crippen molar-refractivity contribution in [3.05, 3.63) is 35.2 Å². The van der Waals surface area contributed by atoms with Crippen LogP contribution in [0, 0.1) is 0 Å². The lowest BCUT2D eigenvalue weighted by Gasteiger charge is -2.03. The molecule has 1 heterocycles. The lowest BCUT2D eigenvalue weighted by molar-refractivity contribution is -0.139. The van der Waals surface area contributed by atoms with Gasteiger partial charge in [-0.3, -0.25) is 9.59 Å². The average molecular weight is 319 g/mol. The van der Waals surface area contributed by atoms with Crippen molar-refractivity contribution >= 4 is 28.3 Å². The third kappa shape index (κ3) is 3.90. The zero-order valence-corrected chi connectivity index (χ0v) is 13.1. The van der Waals surface area contributed by atoms with Crippen molar-refractivity contribution in [2.24, 2.45) is 5.73 Å². The predicted octanol–water partition coefficient (Wildman–Crippen LogP) is 1.81. The number of esters is 1. The number of rotatable bonds is 5. The fourth-order valence-corrected chi connectivity index (χ4v) is 2.74. The standard InChI is InChI=1S/C15H17N3O3S/c1-9(16)14(20)18-15-17-13(10-6-4-3-5-7-10)11(22-15)8-12(19)21-2/h3-7,9H,8,16H2,1-2H3,(H,17,18,20)/t9-/m0/s1. The average Bonchev–Trinajstić information content (AvgIpc) is 2.90. The van der Waals surface area contributed by atoms with Crippen molar-refractivity contribution in [3.8, 4) is 11.3 Å². The molecule has 1 aromatic carbocycles. The first kappa shape index (κ1) is 16.1. The van der Waals surface area contributed by atoms with Crippen LogP contribution in [0.3, 0.4) is 0 Å². The van der Waals surface area contributed by atoms with Gasteiger partial charge in [-0.1, -0.05) is 30.3 Å². The number of nitrogens with zero attached hydrogens (tertiary/aromatic N) is 1. The Balaban J connectivity index is 2.35. The molecule has 0 aliphatic carbocycles. The second-order valence-corrected chi connectivity index (χ2v) is 5.77. The van der Waals surface area contributed by atoms with Gasteiger partial charge in [0.2, 0.25) is 5.91 Å². The molecule has 0 fully saturated rings. The van der Waals surface area contributed by atoms with E-state index in [9.17, 15) is 9.59 Å². The highest BCUT2D eigenvalue weighted by Crippen LogP contribution is 2.31. The van der Waals surface area contributed by atoms with Crippen LogP contribution < -0.4 is 11.1 Å². The van der Waals surface area contributed by atoms with Crippen molar-refractivity contribution in [1.29, 1.82) is 0 Å². The zero-order valence-electron chi connectivity index (χ0n) is 12.3. The minimum Gasteiger partial charge on any atom is -0.469 e. The Bertz CT molecular complexity index is 668. The van der Waals surface area contributed by atoms with Gasteiger partial charge in [0, 0.05) is 10.4 Å². The molecule has 2 rings (SSSR count). The smallest absolute Gasteiger partial charge is 0.310 e. The lowest BCUT2D eigenvalue weighted by Crippen LogP contribution is -2.32. The van der Waals surface area contributed by atoms with Crippen LogP contribution in [0.1, 0.15) is 11.8 Å². The largest absolute Gasteiger partial charge is 0.469 e. The number of aromatic nitrogens is 1. The molecule has 1 amide bonds. The monoisotopic (exact) mass is 319 g/mol. The second kappa shape index (κ2) is 7.15. The number of anilines is 1. The molecule has 0 unspecified atom stereocenters. The Kier molecular flexibility index (Phi) is 5.24. The Morgan fingerprint density at radius 3 is 2.64 bits per heavy atom. The van der Waals surface area contributed by atoms with Crippen molar-refractivity contribution in [2.45, 2.75) is 19.4 Å². The molecule has 0 aliphatic rings.